The van der Waals surface area contributed by atoms with E-state index in [1.165, 1.54) is 0 Å². The van der Waals surface area contributed by atoms with Gasteiger partial charge in [-0.05, 0) is 38.9 Å². The van der Waals surface area contributed by atoms with Crippen LogP contribution in [0.25, 0.3) is 0 Å². The summed E-state index contributed by atoms with van der Waals surface area (Å²) >= 11 is 11.0. The van der Waals surface area contributed by atoms with Gasteiger partial charge in [0.2, 0.25) is 0 Å². The molecule has 0 aliphatic heterocycles. The van der Waals surface area contributed by atoms with Crippen molar-refractivity contribution in [2.45, 2.75) is 26.8 Å². The minimum atomic E-state index is -0.220. The van der Waals surface area contributed by atoms with Crippen LogP contribution in [-0.4, -0.2) is 10.9 Å². The molecule has 6 heteroatoms. The number of hydrogen-bond donors (Lipinski definition) is 1. The second kappa shape index (κ2) is 6.46. The molecule has 112 valence electrons. The monoisotopic (exact) mass is 386 g/mol. The van der Waals surface area contributed by atoms with Crippen LogP contribution in [0, 0.1) is 5.41 Å². The van der Waals surface area contributed by atoms with Gasteiger partial charge in [-0.2, -0.15) is 0 Å². The van der Waals surface area contributed by atoms with Crippen molar-refractivity contribution in [2.24, 2.45) is 5.41 Å². The van der Waals surface area contributed by atoms with Crippen LogP contribution in [0.1, 0.15) is 42.0 Å². The molecule has 0 spiro atoms. The molecule has 0 fully saturated rings. The van der Waals surface area contributed by atoms with Crippen molar-refractivity contribution in [1.29, 1.82) is 0 Å². The van der Waals surface area contributed by atoms with E-state index in [0.29, 0.717) is 5.56 Å². The summed E-state index contributed by atoms with van der Waals surface area (Å²) in [6.07, 6.45) is 1.57. The van der Waals surface area contributed by atoms with Gasteiger partial charge in [-0.15, -0.1) is 11.3 Å². The van der Waals surface area contributed by atoms with Gasteiger partial charge in [0.1, 0.15) is 5.15 Å². The molecule has 0 bridgehead atoms. The lowest BCUT2D eigenvalue weighted by Crippen LogP contribution is -2.36. The Hall–Kier alpha value is -0.910. The van der Waals surface area contributed by atoms with Gasteiger partial charge in [0.25, 0.3) is 5.91 Å². The predicted octanol–water partition coefficient (Wildman–Crippen LogP) is 5.08. The summed E-state index contributed by atoms with van der Waals surface area (Å²) in [6, 6.07) is 5.61. The van der Waals surface area contributed by atoms with Crippen LogP contribution in [-0.2, 0) is 0 Å². The molecule has 2 aromatic rings. The number of thiophene rings is 1. The summed E-state index contributed by atoms with van der Waals surface area (Å²) in [5.41, 5.74) is 0.267. The second-order valence-electron chi connectivity index (χ2n) is 5.78. The normalized spacial score (nSPS) is 13.0. The Balaban J connectivity index is 2.29. The number of carbonyl (C=O) groups is 1. The van der Waals surface area contributed by atoms with Gasteiger partial charge < -0.3 is 5.32 Å². The third-order valence-corrected chi connectivity index (χ3v) is 4.69. The molecule has 1 unspecified atom stereocenters. The highest BCUT2D eigenvalue weighted by Crippen LogP contribution is 2.35. The summed E-state index contributed by atoms with van der Waals surface area (Å²) in [6.45, 7) is 6.29. The van der Waals surface area contributed by atoms with Gasteiger partial charge in [-0.1, -0.05) is 38.4 Å². The van der Waals surface area contributed by atoms with Crippen LogP contribution >= 0.6 is 38.9 Å². The number of rotatable bonds is 3. The molecular formula is C15H16BrClN2OS. The van der Waals surface area contributed by atoms with Crippen LogP contribution in [0.4, 0.5) is 0 Å². The van der Waals surface area contributed by atoms with E-state index in [9.17, 15) is 4.79 Å². The number of pyridine rings is 1. The van der Waals surface area contributed by atoms with Crippen LogP contribution in [0.3, 0.4) is 0 Å². The SMILES string of the molecule is CC(C)(C)C(NC(=O)c1cc(Br)cnc1Cl)c1cccs1. The summed E-state index contributed by atoms with van der Waals surface area (Å²) < 4.78 is 0.723. The number of nitrogens with zero attached hydrogens (tertiary/aromatic N) is 1. The van der Waals surface area contributed by atoms with Crippen molar-refractivity contribution in [3.63, 3.8) is 0 Å². The first-order chi connectivity index (χ1) is 9.79. The van der Waals surface area contributed by atoms with E-state index in [-0.39, 0.29) is 22.5 Å². The standard InChI is InChI=1S/C15H16BrClN2OS/c1-15(2,3)12(11-5-4-6-21-11)19-14(20)10-7-9(16)8-18-13(10)17/h4-8,12H,1-3H3,(H,19,20). The largest absolute Gasteiger partial charge is 0.344 e. The van der Waals surface area contributed by atoms with Gasteiger partial charge in [0.05, 0.1) is 11.6 Å². The first-order valence-corrected chi connectivity index (χ1v) is 8.49. The van der Waals surface area contributed by atoms with E-state index in [4.69, 9.17) is 11.6 Å². The average molecular weight is 388 g/mol. The Kier molecular flexibility index (Phi) is 5.07. The second-order valence-corrected chi connectivity index (χ2v) is 8.03. The first kappa shape index (κ1) is 16.5. The molecule has 2 rings (SSSR count). The molecule has 0 aliphatic carbocycles. The quantitative estimate of drug-likeness (QED) is 0.746. The lowest BCUT2D eigenvalue weighted by atomic mass is 9.85. The topological polar surface area (TPSA) is 42.0 Å². The molecule has 0 aromatic carbocycles. The van der Waals surface area contributed by atoms with Crippen LogP contribution < -0.4 is 5.32 Å². The Morgan fingerprint density at radius 3 is 2.76 bits per heavy atom. The predicted molar refractivity (Wildman–Crippen MR) is 90.9 cm³/mol. The van der Waals surface area contributed by atoms with Gasteiger partial charge in [-0.25, -0.2) is 4.98 Å². The molecule has 0 radical (unpaired) electrons. The van der Waals surface area contributed by atoms with Crippen molar-refractivity contribution in [3.8, 4) is 0 Å². The van der Waals surface area contributed by atoms with E-state index in [0.717, 1.165) is 9.35 Å². The van der Waals surface area contributed by atoms with E-state index in [1.807, 2.05) is 17.5 Å². The van der Waals surface area contributed by atoms with Crippen LogP contribution in [0.15, 0.2) is 34.2 Å². The molecule has 0 saturated heterocycles. The molecule has 2 heterocycles. The maximum Gasteiger partial charge on any atom is 0.254 e. The molecule has 3 nitrogen and oxygen atoms in total. The fraction of sp³-hybridized carbons (Fsp3) is 0.333. The third kappa shape index (κ3) is 4.05. The summed E-state index contributed by atoms with van der Waals surface area (Å²) in [7, 11) is 0. The zero-order valence-corrected chi connectivity index (χ0v) is 15.1. The van der Waals surface area contributed by atoms with E-state index < -0.39 is 0 Å². The smallest absolute Gasteiger partial charge is 0.254 e. The zero-order chi connectivity index (χ0) is 15.6. The Morgan fingerprint density at radius 2 is 2.19 bits per heavy atom. The molecule has 2 aromatic heterocycles. The van der Waals surface area contributed by atoms with Gasteiger partial charge in [0.15, 0.2) is 0 Å². The maximum absolute atomic E-state index is 12.5. The number of nitrogens with one attached hydrogen (secondary N) is 1. The van der Waals surface area contributed by atoms with E-state index in [1.54, 1.807) is 23.6 Å². The van der Waals surface area contributed by atoms with Gasteiger partial charge >= 0.3 is 0 Å². The van der Waals surface area contributed by atoms with E-state index in [2.05, 4.69) is 47.0 Å². The molecule has 1 atom stereocenters. The number of halogens is 2. The molecule has 0 aliphatic rings. The van der Waals surface area contributed by atoms with Gasteiger partial charge in [-0.3, -0.25) is 4.79 Å². The summed E-state index contributed by atoms with van der Waals surface area (Å²) in [4.78, 5) is 17.6. The third-order valence-electron chi connectivity index (χ3n) is 3.02. The van der Waals surface area contributed by atoms with Crippen molar-refractivity contribution in [2.75, 3.05) is 0 Å². The lowest BCUT2D eigenvalue weighted by molar-refractivity contribution is 0.0903. The number of aromatic nitrogens is 1. The maximum atomic E-state index is 12.5. The molecule has 21 heavy (non-hydrogen) atoms. The minimum Gasteiger partial charge on any atom is -0.344 e. The fourth-order valence-electron chi connectivity index (χ4n) is 1.96. The Labute approximate surface area is 141 Å². The summed E-state index contributed by atoms with van der Waals surface area (Å²) in [5, 5.41) is 5.28. The number of carbonyl (C=O) groups excluding carboxylic acids is 1. The highest BCUT2D eigenvalue weighted by molar-refractivity contribution is 9.10. The summed E-state index contributed by atoms with van der Waals surface area (Å²) in [5.74, 6) is -0.220. The van der Waals surface area contributed by atoms with Crippen molar-refractivity contribution in [3.05, 3.63) is 49.8 Å². The zero-order valence-electron chi connectivity index (χ0n) is 12.0. The van der Waals surface area contributed by atoms with Crippen molar-refractivity contribution < 1.29 is 4.79 Å². The molecule has 1 N–H and O–H groups in total. The van der Waals surface area contributed by atoms with Gasteiger partial charge in [0, 0.05) is 15.5 Å². The molecule has 0 saturated carbocycles. The fourth-order valence-corrected chi connectivity index (χ4v) is 3.50. The number of hydrogen-bond acceptors (Lipinski definition) is 3. The first-order valence-electron chi connectivity index (χ1n) is 6.44. The lowest BCUT2D eigenvalue weighted by Gasteiger charge is -2.30. The Bertz CT molecular complexity index is 638. The highest BCUT2D eigenvalue weighted by atomic mass is 79.9. The van der Waals surface area contributed by atoms with Crippen molar-refractivity contribution in [1.82, 2.24) is 10.3 Å². The van der Waals surface area contributed by atoms with E-state index >= 15 is 0 Å². The average Bonchev–Trinajstić information content (AvgIpc) is 2.90. The van der Waals surface area contributed by atoms with Crippen LogP contribution in [0.5, 0.6) is 0 Å². The molecule has 1 amide bonds. The Morgan fingerprint density at radius 1 is 1.48 bits per heavy atom. The number of amides is 1. The van der Waals surface area contributed by atoms with Crippen molar-refractivity contribution >= 4 is 44.8 Å². The molecular weight excluding hydrogens is 372 g/mol. The highest BCUT2D eigenvalue weighted by Gasteiger charge is 2.29. The minimum absolute atomic E-state index is 0.0833. The van der Waals surface area contributed by atoms with Crippen LogP contribution in [0.2, 0.25) is 5.15 Å².